The molecule has 0 saturated carbocycles. The highest BCUT2D eigenvalue weighted by molar-refractivity contribution is 5.18. The zero-order valence-electron chi connectivity index (χ0n) is 8.40. The summed E-state index contributed by atoms with van der Waals surface area (Å²) in [7, 11) is 0. The van der Waals surface area contributed by atoms with Gasteiger partial charge in [-0.25, -0.2) is 13.5 Å². The van der Waals surface area contributed by atoms with Crippen LogP contribution < -0.4 is 5.73 Å². The van der Waals surface area contributed by atoms with E-state index in [1.54, 1.807) is 6.20 Å². The molecule has 1 aromatic heterocycles. The van der Waals surface area contributed by atoms with Gasteiger partial charge in [0.05, 0.1) is 18.4 Å². The van der Waals surface area contributed by atoms with Gasteiger partial charge >= 0.3 is 0 Å². The minimum Gasteiger partial charge on any atom is -0.325 e. The minimum atomic E-state index is -0.864. The molecule has 2 rings (SSSR count). The van der Waals surface area contributed by atoms with Crippen LogP contribution in [0.15, 0.2) is 24.4 Å². The first-order valence-electron chi connectivity index (χ1n) is 4.72. The maximum Gasteiger partial charge on any atom is 0.159 e. The molecule has 1 heterocycles. The summed E-state index contributed by atoms with van der Waals surface area (Å²) in [5, 5.41) is 7.60. The zero-order valence-corrected chi connectivity index (χ0v) is 8.40. The van der Waals surface area contributed by atoms with Crippen molar-refractivity contribution in [3.05, 3.63) is 47.3 Å². The Bertz CT molecular complexity index is 495. The highest BCUT2D eigenvalue weighted by Gasteiger charge is 2.04. The maximum atomic E-state index is 12.9. The first-order valence-corrected chi connectivity index (χ1v) is 4.72. The van der Waals surface area contributed by atoms with Crippen LogP contribution in [0, 0.1) is 11.6 Å². The van der Waals surface area contributed by atoms with Gasteiger partial charge in [-0.2, -0.15) is 0 Å². The fraction of sp³-hybridized carbons (Fsp3) is 0.200. The average Bonchev–Trinajstić information content (AvgIpc) is 2.71. The number of benzene rings is 1. The Hall–Kier alpha value is -1.82. The predicted octanol–water partition coefficient (Wildman–Crippen LogP) is 1.06. The van der Waals surface area contributed by atoms with Crippen LogP contribution in [-0.4, -0.2) is 15.0 Å². The molecule has 2 N–H and O–H groups in total. The first kappa shape index (κ1) is 10.7. The Morgan fingerprint density at radius 2 is 2.06 bits per heavy atom. The van der Waals surface area contributed by atoms with Gasteiger partial charge < -0.3 is 5.73 Å². The van der Waals surface area contributed by atoms with E-state index in [1.807, 2.05) is 0 Å². The van der Waals surface area contributed by atoms with Crippen molar-refractivity contribution in [3.63, 3.8) is 0 Å². The summed E-state index contributed by atoms with van der Waals surface area (Å²) in [6.45, 7) is 0.641. The highest BCUT2D eigenvalue weighted by atomic mass is 19.2. The third-order valence-corrected chi connectivity index (χ3v) is 2.12. The lowest BCUT2D eigenvalue weighted by molar-refractivity contribution is 0.505. The summed E-state index contributed by atoms with van der Waals surface area (Å²) < 4.78 is 27.1. The topological polar surface area (TPSA) is 56.7 Å². The molecule has 1 aromatic carbocycles. The molecule has 0 saturated heterocycles. The fourth-order valence-corrected chi connectivity index (χ4v) is 1.33. The van der Waals surface area contributed by atoms with Gasteiger partial charge in [0.25, 0.3) is 0 Å². The second-order valence-electron chi connectivity index (χ2n) is 3.36. The Morgan fingerprint density at radius 1 is 1.25 bits per heavy atom. The summed E-state index contributed by atoms with van der Waals surface area (Å²) in [4.78, 5) is 0. The molecular weight excluding hydrogens is 214 g/mol. The molecule has 6 heteroatoms. The van der Waals surface area contributed by atoms with E-state index in [2.05, 4.69) is 10.3 Å². The molecule has 0 amide bonds. The average molecular weight is 224 g/mol. The van der Waals surface area contributed by atoms with Gasteiger partial charge in [0.1, 0.15) is 0 Å². The Morgan fingerprint density at radius 3 is 2.69 bits per heavy atom. The lowest BCUT2D eigenvalue weighted by Crippen LogP contribution is -2.01. The third kappa shape index (κ3) is 2.22. The van der Waals surface area contributed by atoms with E-state index < -0.39 is 11.6 Å². The quantitative estimate of drug-likeness (QED) is 0.848. The van der Waals surface area contributed by atoms with Crippen molar-refractivity contribution in [3.8, 4) is 0 Å². The Balaban J connectivity index is 2.17. The van der Waals surface area contributed by atoms with Crippen molar-refractivity contribution in [1.82, 2.24) is 15.0 Å². The standard InChI is InChI=1S/C10H10F2N4/c11-9-2-1-7(3-10(9)12)5-16-6-8(4-13)14-15-16/h1-3,6H,4-5,13H2. The number of nitrogens with two attached hydrogens (primary N) is 1. The van der Waals surface area contributed by atoms with Gasteiger partial charge in [0.15, 0.2) is 11.6 Å². The first-order chi connectivity index (χ1) is 7.69. The van der Waals surface area contributed by atoms with E-state index in [0.29, 0.717) is 24.3 Å². The van der Waals surface area contributed by atoms with Crippen molar-refractivity contribution >= 4 is 0 Å². The van der Waals surface area contributed by atoms with E-state index >= 15 is 0 Å². The number of halogens is 2. The van der Waals surface area contributed by atoms with Crippen LogP contribution in [0.1, 0.15) is 11.3 Å². The van der Waals surface area contributed by atoms with Crippen molar-refractivity contribution in [1.29, 1.82) is 0 Å². The molecule has 2 aromatic rings. The van der Waals surface area contributed by atoms with Crippen LogP contribution in [0.25, 0.3) is 0 Å². The molecule has 0 spiro atoms. The zero-order chi connectivity index (χ0) is 11.5. The summed E-state index contributed by atoms with van der Waals surface area (Å²) in [6, 6.07) is 3.73. The predicted molar refractivity (Wildman–Crippen MR) is 53.4 cm³/mol. The molecule has 0 fully saturated rings. The number of aromatic nitrogens is 3. The van der Waals surface area contributed by atoms with Crippen LogP contribution >= 0.6 is 0 Å². The van der Waals surface area contributed by atoms with E-state index in [-0.39, 0.29) is 0 Å². The van der Waals surface area contributed by atoms with Crippen LogP contribution in [0.2, 0.25) is 0 Å². The van der Waals surface area contributed by atoms with E-state index in [4.69, 9.17) is 5.73 Å². The normalized spacial score (nSPS) is 10.7. The smallest absolute Gasteiger partial charge is 0.159 e. The lowest BCUT2D eigenvalue weighted by atomic mass is 10.2. The van der Waals surface area contributed by atoms with Gasteiger partial charge in [-0.15, -0.1) is 5.10 Å². The lowest BCUT2D eigenvalue weighted by Gasteiger charge is -2.01. The molecule has 0 unspecified atom stereocenters. The van der Waals surface area contributed by atoms with E-state index in [1.165, 1.54) is 10.7 Å². The molecule has 16 heavy (non-hydrogen) atoms. The van der Waals surface area contributed by atoms with Crippen LogP contribution in [-0.2, 0) is 13.1 Å². The van der Waals surface area contributed by atoms with Crippen molar-refractivity contribution in [2.24, 2.45) is 5.73 Å². The molecule has 0 atom stereocenters. The van der Waals surface area contributed by atoms with Gasteiger partial charge in [0.2, 0.25) is 0 Å². The van der Waals surface area contributed by atoms with Crippen LogP contribution in [0.3, 0.4) is 0 Å². The molecule has 0 aliphatic heterocycles. The maximum absolute atomic E-state index is 12.9. The van der Waals surface area contributed by atoms with Crippen LogP contribution in [0.5, 0.6) is 0 Å². The Kier molecular flexibility index (Phi) is 2.91. The van der Waals surface area contributed by atoms with Crippen molar-refractivity contribution < 1.29 is 8.78 Å². The monoisotopic (exact) mass is 224 g/mol. The number of rotatable bonds is 3. The van der Waals surface area contributed by atoms with Gasteiger partial charge in [-0.3, -0.25) is 0 Å². The molecule has 0 aliphatic carbocycles. The van der Waals surface area contributed by atoms with E-state index in [9.17, 15) is 8.78 Å². The number of hydrogen-bond donors (Lipinski definition) is 1. The minimum absolute atomic E-state index is 0.303. The summed E-state index contributed by atoms with van der Waals surface area (Å²) in [6.07, 6.45) is 1.67. The third-order valence-electron chi connectivity index (χ3n) is 2.12. The van der Waals surface area contributed by atoms with Gasteiger partial charge in [-0.1, -0.05) is 11.3 Å². The summed E-state index contributed by atoms with van der Waals surface area (Å²) in [5.41, 5.74) is 6.65. The molecular formula is C10H10F2N4. The second kappa shape index (κ2) is 4.36. The molecule has 4 nitrogen and oxygen atoms in total. The molecule has 0 aliphatic rings. The summed E-state index contributed by atoms with van der Waals surface area (Å²) >= 11 is 0. The number of hydrogen-bond acceptors (Lipinski definition) is 3. The SMILES string of the molecule is NCc1cn(Cc2ccc(F)c(F)c2)nn1. The van der Waals surface area contributed by atoms with Crippen molar-refractivity contribution in [2.45, 2.75) is 13.1 Å². The Labute approximate surface area is 90.7 Å². The van der Waals surface area contributed by atoms with Crippen LogP contribution in [0.4, 0.5) is 8.78 Å². The molecule has 0 radical (unpaired) electrons. The fourth-order valence-electron chi connectivity index (χ4n) is 1.33. The second-order valence-corrected chi connectivity index (χ2v) is 3.36. The number of nitrogens with zero attached hydrogens (tertiary/aromatic N) is 3. The van der Waals surface area contributed by atoms with Gasteiger partial charge in [-0.05, 0) is 17.7 Å². The summed E-state index contributed by atoms with van der Waals surface area (Å²) in [5.74, 6) is -1.72. The molecule has 84 valence electrons. The van der Waals surface area contributed by atoms with E-state index in [0.717, 1.165) is 12.1 Å². The van der Waals surface area contributed by atoms with Gasteiger partial charge in [0, 0.05) is 6.54 Å². The van der Waals surface area contributed by atoms with Crippen molar-refractivity contribution in [2.75, 3.05) is 0 Å². The largest absolute Gasteiger partial charge is 0.325 e. The highest BCUT2D eigenvalue weighted by Crippen LogP contribution is 2.09. The molecule has 0 bridgehead atoms.